The summed E-state index contributed by atoms with van der Waals surface area (Å²) in [6, 6.07) is 17.6. The number of anilines is 1. The Balaban J connectivity index is 1.37. The molecule has 0 atom stereocenters. The molecule has 178 valence electrons. The third-order valence-electron chi connectivity index (χ3n) is 5.60. The molecule has 1 N–H and O–H groups in total. The summed E-state index contributed by atoms with van der Waals surface area (Å²) >= 11 is 0. The molecule has 4 rings (SSSR count). The molecule has 1 aliphatic heterocycles. The Morgan fingerprint density at radius 3 is 2.41 bits per heavy atom. The number of hydrogen-bond acceptors (Lipinski definition) is 6. The number of carbonyl (C=O) groups is 1. The predicted molar refractivity (Wildman–Crippen MR) is 128 cm³/mol. The molecule has 1 aliphatic rings. The van der Waals surface area contributed by atoms with E-state index in [2.05, 4.69) is 10.3 Å². The summed E-state index contributed by atoms with van der Waals surface area (Å²) in [5.41, 5.74) is 0.562. The minimum absolute atomic E-state index is 0.152. The van der Waals surface area contributed by atoms with Gasteiger partial charge in [0.05, 0.1) is 12.3 Å². The highest BCUT2D eigenvalue weighted by Crippen LogP contribution is 2.31. The van der Waals surface area contributed by atoms with Crippen molar-refractivity contribution in [1.29, 1.82) is 0 Å². The van der Waals surface area contributed by atoms with Crippen LogP contribution in [0.2, 0.25) is 0 Å². The number of benzene rings is 2. The zero-order valence-corrected chi connectivity index (χ0v) is 19.7. The topological polar surface area (TPSA) is 97.8 Å². The summed E-state index contributed by atoms with van der Waals surface area (Å²) in [5.74, 6) is 1.46. The molecule has 1 amide bonds. The number of carbonyl (C=O) groups excluding carboxylic acids is 1. The Morgan fingerprint density at radius 2 is 1.74 bits per heavy atom. The van der Waals surface area contributed by atoms with Gasteiger partial charge in [0.15, 0.2) is 5.75 Å². The van der Waals surface area contributed by atoms with E-state index in [1.54, 1.807) is 18.2 Å². The van der Waals surface area contributed by atoms with Gasteiger partial charge in [-0.3, -0.25) is 9.78 Å². The fourth-order valence-electron chi connectivity index (χ4n) is 3.80. The van der Waals surface area contributed by atoms with Gasteiger partial charge in [-0.15, -0.1) is 0 Å². The van der Waals surface area contributed by atoms with Crippen molar-refractivity contribution in [3.05, 3.63) is 73.1 Å². The van der Waals surface area contributed by atoms with Crippen molar-refractivity contribution in [1.82, 2.24) is 9.29 Å². The van der Waals surface area contributed by atoms with E-state index >= 15 is 0 Å². The molecule has 1 saturated heterocycles. The number of sulfonamides is 1. The first kappa shape index (κ1) is 23.7. The fraction of sp³-hybridized carbons (Fsp3) is 0.280. The number of hydrogen-bond donors (Lipinski definition) is 1. The van der Waals surface area contributed by atoms with Crippen molar-refractivity contribution in [3.63, 3.8) is 0 Å². The maximum atomic E-state index is 13.0. The van der Waals surface area contributed by atoms with Crippen molar-refractivity contribution >= 4 is 21.6 Å². The fourth-order valence-corrected chi connectivity index (χ4v) is 5.23. The van der Waals surface area contributed by atoms with E-state index in [0.717, 1.165) is 5.75 Å². The zero-order chi connectivity index (χ0) is 24.0. The van der Waals surface area contributed by atoms with Crippen LogP contribution in [0, 0.1) is 5.92 Å². The molecule has 8 nitrogen and oxygen atoms in total. The third kappa shape index (κ3) is 5.55. The van der Waals surface area contributed by atoms with Gasteiger partial charge in [0, 0.05) is 31.4 Å². The Morgan fingerprint density at radius 1 is 1.03 bits per heavy atom. The standard InChI is InChI=1S/C25H27N3O5S/c1-2-32-20-9-11-21(12-10-20)33-24-8-4-3-7-23(24)27-25(29)19-13-16-28(17-14-19)34(30,31)22-6-5-15-26-18-22/h3-12,15,18-19H,2,13-14,16-17H2,1H3,(H,27,29). The van der Waals surface area contributed by atoms with Gasteiger partial charge < -0.3 is 14.8 Å². The lowest BCUT2D eigenvalue weighted by Gasteiger charge is -2.30. The van der Waals surface area contributed by atoms with Crippen LogP contribution in [0.5, 0.6) is 17.2 Å². The van der Waals surface area contributed by atoms with Gasteiger partial charge in [0.1, 0.15) is 16.4 Å². The van der Waals surface area contributed by atoms with Crippen LogP contribution in [0.3, 0.4) is 0 Å². The van der Waals surface area contributed by atoms with Gasteiger partial charge in [0.2, 0.25) is 15.9 Å². The number of rotatable bonds is 8. The third-order valence-corrected chi connectivity index (χ3v) is 7.49. The van der Waals surface area contributed by atoms with Gasteiger partial charge in [-0.05, 0) is 68.3 Å². The van der Waals surface area contributed by atoms with Crippen LogP contribution in [0.15, 0.2) is 78.0 Å². The normalized spacial score (nSPS) is 15.0. The van der Waals surface area contributed by atoms with Gasteiger partial charge in [-0.2, -0.15) is 4.31 Å². The van der Waals surface area contributed by atoms with Crippen LogP contribution >= 0.6 is 0 Å². The minimum atomic E-state index is -3.61. The molecule has 2 aromatic carbocycles. The van der Waals surface area contributed by atoms with Crippen molar-refractivity contribution in [2.24, 2.45) is 5.92 Å². The molecule has 2 heterocycles. The molecule has 0 aliphatic carbocycles. The number of piperidine rings is 1. The van der Waals surface area contributed by atoms with Crippen LogP contribution < -0.4 is 14.8 Å². The van der Waals surface area contributed by atoms with Crippen molar-refractivity contribution in [2.75, 3.05) is 25.0 Å². The molecule has 9 heteroatoms. The van der Waals surface area contributed by atoms with Gasteiger partial charge in [-0.1, -0.05) is 12.1 Å². The average molecular weight is 482 g/mol. The van der Waals surface area contributed by atoms with Crippen molar-refractivity contribution in [2.45, 2.75) is 24.7 Å². The second-order valence-corrected chi connectivity index (χ2v) is 9.80. The smallest absolute Gasteiger partial charge is 0.244 e. The second-order valence-electron chi connectivity index (χ2n) is 7.86. The minimum Gasteiger partial charge on any atom is -0.494 e. The lowest BCUT2D eigenvalue weighted by atomic mass is 9.97. The van der Waals surface area contributed by atoms with E-state index in [0.29, 0.717) is 36.6 Å². The lowest BCUT2D eigenvalue weighted by molar-refractivity contribution is -0.120. The van der Waals surface area contributed by atoms with E-state index in [4.69, 9.17) is 9.47 Å². The summed E-state index contributed by atoms with van der Waals surface area (Å²) in [6.45, 7) is 3.07. The zero-order valence-electron chi connectivity index (χ0n) is 18.9. The highest BCUT2D eigenvalue weighted by atomic mass is 32.2. The van der Waals surface area contributed by atoms with Crippen LogP contribution in [0.4, 0.5) is 5.69 Å². The highest BCUT2D eigenvalue weighted by molar-refractivity contribution is 7.89. The molecule has 0 spiro atoms. The number of ether oxygens (including phenoxy) is 2. The summed E-state index contributed by atoms with van der Waals surface area (Å²) in [4.78, 5) is 17.0. The Labute approximate surface area is 199 Å². The molecule has 1 fully saturated rings. The molecule has 1 aromatic heterocycles. The number of nitrogens with one attached hydrogen (secondary N) is 1. The van der Waals surface area contributed by atoms with E-state index in [-0.39, 0.29) is 29.8 Å². The quantitative estimate of drug-likeness (QED) is 0.515. The molecule has 0 unspecified atom stereocenters. The first-order valence-corrected chi connectivity index (χ1v) is 12.6. The van der Waals surface area contributed by atoms with Gasteiger partial charge in [-0.25, -0.2) is 8.42 Å². The molecule has 0 saturated carbocycles. The predicted octanol–water partition coefficient (Wildman–Crippen LogP) is 4.31. The first-order chi connectivity index (χ1) is 16.5. The Bertz CT molecular complexity index is 1210. The largest absolute Gasteiger partial charge is 0.494 e. The molecule has 0 radical (unpaired) electrons. The average Bonchev–Trinajstić information content (AvgIpc) is 2.87. The van der Waals surface area contributed by atoms with E-state index in [9.17, 15) is 13.2 Å². The van der Waals surface area contributed by atoms with E-state index in [1.165, 1.54) is 22.8 Å². The van der Waals surface area contributed by atoms with Gasteiger partial charge in [0.25, 0.3) is 0 Å². The molecule has 3 aromatic rings. The number of amides is 1. The number of nitrogens with zero attached hydrogens (tertiary/aromatic N) is 2. The molecular weight excluding hydrogens is 454 g/mol. The maximum absolute atomic E-state index is 13.0. The van der Waals surface area contributed by atoms with Crippen molar-refractivity contribution in [3.8, 4) is 17.2 Å². The summed E-state index contributed by atoms with van der Waals surface area (Å²) in [7, 11) is -3.61. The number of para-hydroxylation sites is 2. The van der Waals surface area contributed by atoms with E-state index in [1.807, 2.05) is 43.3 Å². The molecular formula is C25H27N3O5S. The first-order valence-electron chi connectivity index (χ1n) is 11.2. The van der Waals surface area contributed by atoms with Crippen LogP contribution in [0.1, 0.15) is 19.8 Å². The van der Waals surface area contributed by atoms with Crippen LogP contribution in [0.25, 0.3) is 0 Å². The van der Waals surface area contributed by atoms with Crippen LogP contribution in [-0.4, -0.2) is 43.3 Å². The van der Waals surface area contributed by atoms with Crippen LogP contribution in [-0.2, 0) is 14.8 Å². The Kier molecular flexibility index (Phi) is 7.44. The molecule has 34 heavy (non-hydrogen) atoms. The van der Waals surface area contributed by atoms with E-state index < -0.39 is 10.0 Å². The highest BCUT2D eigenvalue weighted by Gasteiger charge is 2.32. The van der Waals surface area contributed by atoms with Crippen molar-refractivity contribution < 1.29 is 22.7 Å². The second kappa shape index (κ2) is 10.7. The van der Waals surface area contributed by atoms with Gasteiger partial charge >= 0.3 is 0 Å². The molecule has 0 bridgehead atoms. The number of aromatic nitrogens is 1. The summed E-state index contributed by atoms with van der Waals surface area (Å²) in [6.07, 6.45) is 3.75. The SMILES string of the molecule is CCOc1ccc(Oc2ccccc2NC(=O)C2CCN(S(=O)(=O)c3cccnc3)CC2)cc1. The Hall–Kier alpha value is -3.43. The number of pyridine rings is 1. The monoisotopic (exact) mass is 481 g/mol. The maximum Gasteiger partial charge on any atom is 0.244 e. The summed E-state index contributed by atoms with van der Waals surface area (Å²) in [5, 5.41) is 2.95. The summed E-state index contributed by atoms with van der Waals surface area (Å²) < 4.78 is 38.4. The lowest BCUT2D eigenvalue weighted by Crippen LogP contribution is -2.41.